The fourth-order valence-corrected chi connectivity index (χ4v) is 3.12. The quantitative estimate of drug-likeness (QED) is 0.348. The summed E-state index contributed by atoms with van der Waals surface area (Å²) in [6.45, 7) is -0.750. The summed E-state index contributed by atoms with van der Waals surface area (Å²) in [7, 11) is 0. The number of hydrogen-bond donors (Lipinski definition) is 3. The van der Waals surface area contributed by atoms with Crippen LogP contribution in [0.1, 0.15) is 51.4 Å². The third-order valence-electron chi connectivity index (χ3n) is 3.76. The monoisotopic (exact) mass is 359 g/mol. The predicted octanol–water partition coefficient (Wildman–Crippen LogP) is 3.05. The van der Waals surface area contributed by atoms with Crippen molar-refractivity contribution >= 4 is 19.4 Å². The van der Waals surface area contributed by atoms with Crippen LogP contribution in [0.2, 0.25) is 0 Å². The first kappa shape index (κ1) is 23.7. The molecule has 0 saturated heterocycles. The zero-order valence-electron chi connectivity index (χ0n) is 13.0. The van der Waals surface area contributed by atoms with Gasteiger partial charge < -0.3 is 15.3 Å². The van der Waals surface area contributed by atoms with Crippen LogP contribution >= 0.6 is 0 Å². The van der Waals surface area contributed by atoms with E-state index >= 15 is 0 Å². The van der Waals surface area contributed by atoms with Gasteiger partial charge in [0, 0.05) is 21.7 Å². The van der Waals surface area contributed by atoms with Crippen molar-refractivity contribution < 1.29 is 51.4 Å². The van der Waals surface area contributed by atoms with Crippen LogP contribution in [0.15, 0.2) is 22.3 Å². The molecular formula is C16H23O6Ti-. The molecule has 0 unspecified atom stereocenters. The van der Waals surface area contributed by atoms with Crippen molar-refractivity contribution in [3.8, 4) is 0 Å². The fourth-order valence-electron chi connectivity index (χ4n) is 3.12. The molecule has 0 aromatic rings. The Labute approximate surface area is 151 Å². The van der Waals surface area contributed by atoms with Gasteiger partial charge in [0.2, 0.25) is 0 Å². The Kier molecular flexibility index (Phi) is 15.9. The summed E-state index contributed by atoms with van der Waals surface area (Å²) in [5, 5.41) is 20.7. The normalized spacial score (nSPS) is 16.9. The Morgan fingerprint density at radius 3 is 1.83 bits per heavy atom. The van der Waals surface area contributed by atoms with Crippen molar-refractivity contribution in [2.45, 2.75) is 51.4 Å². The predicted molar refractivity (Wildman–Crippen MR) is 81.4 cm³/mol. The molecule has 0 spiro atoms. The van der Waals surface area contributed by atoms with E-state index < -0.39 is 0 Å². The topological polar surface area (TPSA) is 112 Å². The summed E-state index contributed by atoms with van der Waals surface area (Å²) >= 11 is 0. The van der Waals surface area contributed by atoms with E-state index in [4.69, 9.17) is 29.7 Å². The number of carbonyl (C=O) groups is 3. The summed E-state index contributed by atoms with van der Waals surface area (Å²) in [5.41, 5.74) is 7.06. The van der Waals surface area contributed by atoms with Crippen LogP contribution in [0.5, 0.6) is 0 Å². The van der Waals surface area contributed by atoms with Gasteiger partial charge in [0.15, 0.2) is 0 Å². The van der Waals surface area contributed by atoms with Gasteiger partial charge in [-0.1, -0.05) is 24.8 Å². The number of hydrogen-bond acceptors (Lipinski definition) is 3. The molecule has 0 aliphatic heterocycles. The first-order chi connectivity index (χ1) is 10.7. The van der Waals surface area contributed by atoms with Crippen LogP contribution < -0.4 is 0 Å². The van der Waals surface area contributed by atoms with Gasteiger partial charge in [-0.2, -0.15) is 5.57 Å². The molecule has 0 atom stereocenters. The molecule has 0 amide bonds. The molecule has 0 fully saturated rings. The minimum absolute atomic E-state index is 0. The van der Waals surface area contributed by atoms with Crippen molar-refractivity contribution in [2.24, 2.45) is 0 Å². The molecule has 3 aliphatic rings. The number of carboxylic acid groups (broad SMARTS) is 3. The van der Waals surface area contributed by atoms with Crippen molar-refractivity contribution in [1.29, 1.82) is 0 Å². The van der Waals surface area contributed by atoms with Gasteiger partial charge in [-0.3, -0.25) is 14.4 Å². The summed E-state index contributed by atoms with van der Waals surface area (Å²) < 4.78 is 0. The standard InChI is InChI=1S/C13H17.3CH2O2.Ti/c1-3-7-12-10(5-1)9-11-6-2-4-8-13(11)12;3*2-1-3;/h5H,1-4,6-9H2;3*1H,(H,2,3);/q-1;;;;. The molecule has 0 aromatic carbocycles. The SMILES string of the molecule is O=CO.O=CO.O=CO.[CH-]1CCCC2=C1CC1=C2CCCC1.[Ti]. The molecule has 0 heterocycles. The Balaban J connectivity index is 0. The average Bonchev–Trinajstić information content (AvgIpc) is 2.88. The van der Waals surface area contributed by atoms with E-state index in [-0.39, 0.29) is 41.1 Å². The minimum atomic E-state index is -0.250. The molecule has 3 N–H and O–H groups in total. The maximum atomic E-state index is 8.36. The third kappa shape index (κ3) is 8.62. The van der Waals surface area contributed by atoms with E-state index in [0.29, 0.717) is 0 Å². The van der Waals surface area contributed by atoms with Gasteiger partial charge in [-0.05, 0) is 25.7 Å². The van der Waals surface area contributed by atoms with Gasteiger partial charge in [-0.15, -0.1) is 12.0 Å². The van der Waals surface area contributed by atoms with E-state index in [1.54, 1.807) is 22.3 Å². The molecule has 0 bridgehead atoms. The largest absolute Gasteiger partial charge is 0.483 e. The zero-order chi connectivity index (χ0) is 16.8. The number of allylic oxidation sites excluding steroid dienone is 4. The Morgan fingerprint density at radius 2 is 1.26 bits per heavy atom. The number of rotatable bonds is 0. The Morgan fingerprint density at radius 1 is 0.783 bits per heavy atom. The molecular weight excluding hydrogens is 336 g/mol. The Hall–Kier alpha value is -1.53. The van der Waals surface area contributed by atoms with Gasteiger partial charge in [0.25, 0.3) is 19.4 Å². The molecule has 3 aliphatic carbocycles. The van der Waals surface area contributed by atoms with Crippen LogP contribution in [0.4, 0.5) is 0 Å². The van der Waals surface area contributed by atoms with Crippen LogP contribution in [0.3, 0.4) is 0 Å². The third-order valence-corrected chi connectivity index (χ3v) is 3.76. The van der Waals surface area contributed by atoms with Crippen molar-refractivity contribution in [1.82, 2.24) is 0 Å². The molecule has 23 heavy (non-hydrogen) atoms. The van der Waals surface area contributed by atoms with Crippen molar-refractivity contribution in [2.75, 3.05) is 0 Å². The number of fused-ring (bicyclic) bond motifs is 1. The summed E-state index contributed by atoms with van der Waals surface area (Å²) in [4.78, 5) is 25.1. The van der Waals surface area contributed by atoms with Crippen molar-refractivity contribution in [3.05, 3.63) is 28.7 Å². The fraction of sp³-hybridized carbons (Fsp3) is 0.500. The first-order valence-electron chi connectivity index (χ1n) is 7.20. The van der Waals surface area contributed by atoms with E-state index in [1.807, 2.05) is 0 Å². The first-order valence-corrected chi connectivity index (χ1v) is 7.20. The molecule has 128 valence electrons. The van der Waals surface area contributed by atoms with Crippen LogP contribution in [-0.2, 0) is 36.1 Å². The second-order valence-corrected chi connectivity index (χ2v) is 4.88. The second-order valence-electron chi connectivity index (χ2n) is 4.88. The summed E-state index contributed by atoms with van der Waals surface area (Å²) in [6, 6.07) is 0. The van der Waals surface area contributed by atoms with Gasteiger partial charge >= 0.3 is 0 Å². The maximum Gasteiger partial charge on any atom is 0.290 e. The second kappa shape index (κ2) is 15.4. The van der Waals surface area contributed by atoms with Gasteiger partial charge in [0.1, 0.15) is 0 Å². The molecule has 0 aromatic heterocycles. The van der Waals surface area contributed by atoms with Crippen LogP contribution in [-0.4, -0.2) is 34.7 Å². The maximum absolute atomic E-state index is 8.36. The minimum Gasteiger partial charge on any atom is -0.483 e. The molecule has 0 saturated carbocycles. The summed E-state index contributed by atoms with van der Waals surface area (Å²) in [5.74, 6) is 0. The Bertz CT molecular complexity index is 384. The van der Waals surface area contributed by atoms with Crippen LogP contribution in [0.25, 0.3) is 0 Å². The van der Waals surface area contributed by atoms with E-state index in [1.165, 1.54) is 51.4 Å². The average molecular weight is 359 g/mol. The van der Waals surface area contributed by atoms with Crippen molar-refractivity contribution in [3.63, 3.8) is 0 Å². The summed E-state index contributed by atoms with van der Waals surface area (Å²) in [6.07, 6.45) is 13.6. The molecule has 3 rings (SSSR count). The molecule has 0 radical (unpaired) electrons. The molecule has 6 nitrogen and oxygen atoms in total. The van der Waals surface area contributed by atoms with E-state index in [9.17, 15) is 0 Å². The van der Waals surface area contributed by atoms with Crippen LogP contribution in [0, 0.1) is 6.42 Å². The van der Waals surface area contributed by atoms with Gasteiger partial charge in [-0.25, -0.2) is 12.0 Å². The smallest absolute Gasteiger partial charge is 0.290 e. The zero-order valence-corrected chi connectivity index (χ0v) is 14.6. The molecule has 7 heteroatoms. The van der Waals surface area contributed by atoms with E-state index in [0.717, 1.165) is 0 Å². The van der Waals surface area contributed by atoms with Gasteiger partial charge in [0.05, 0.1) is 0 Å². The van der Waals surface area contributed by atoms with E-state index in [2.05, 4.69) is 6.42 Å².